The summed E-state index contributed by atoms with van der Waals surface area (Å²) in [5.74, 6) is 0. The van der Waals surface area contributed by atoms with E-state index in [1.54, 1.807) is 0 Å². The number of aromatic nitrogens is 2. The van der Waals surface area contributed by atoms with Gasteiger partial charge in [-0.05, 0) is 23.4 Å². The van der Waals surface area contributed by atoms with E-state index in [9.17, 15) is 0 Å². The lowest BCUT2D eigenvalue weighted by molar-refractivity contribution is 1.28. The standard InChI is InChI=1S/C16H15N2Si/c1-19(2)15-8-5-6-12-9-10-14(18-16(12)15)13-7-3-4-11-17-13/h3-11H,1-2H3. The number of pyridine rings is 2. The van der Waals surface area contributed by atoms with Gasteiger partial charge < -0.3 is 0 Å². The maximum atomic E-state index is 4.83. The number of fused-ring (bicyclic) bond motifs is 1. The molecule has 19 heavy (non-hydrogen) atoms. The fourth-order valence-corrected chi connectivity index (χ4v) is 3.31. The molecule has 93 valence electrons. The van der Waals surface area contributed by atoms with Gasteiger partial charge in [-0.1, -0.05) is 43.4 Å². The highest BCUT2D eigenvalue weighted by molar-refractivity contribution is 6.73. The average molecular weight is 263 g/mol. The molecule has 0 N–H and O–H groups in total. The first kappa shape index (κ1) is 12.1. The predicted octanol–water partition coefficient (Wildman–Crippen LogP) is 3.26. The van der Waals surface area contributed by atoms with E-state index in [2.05, 4.69) is 42.3 Å². The summed E-state index contributed by atoms with van der Waals surface area (Å²) in [7, 11) is -0.518. The molecular weight excluding hydrogens is 248 g/mol. The minimum absolute atomic E-state index is 0.518. The van der Waals surface area contributed by atoms with Crippen LogP contribution in [0.5, 0.6) is 0 Å². The van der Waals surface area contributed by atoms with E-state index in [1.807, 2.05) is 30.5 Å². The van der Waals surface area contributed by atoms with Gasteiger partial charge in [0.25, 0.3) is 0 Å². The Hall–Kier alpha value is -2.00. The van der Waals surface area contributed by atoms with Gasteiger partial charge in [-0.2, -0.15) is 0 Å². The van der Waals surface area contributed by atoms with Crippen molar-refractivity contribution in [3.05, 3.63) is 54.7 Å². The van der Waals surface area contributed by atoms with Gasteiger partial charge >= 0.3 is 0 Å². The van der Waals surface area contributed by atoms with Crippen LogP contribution in [0, 0.1) is 0 Å². The predicted molar refractivity (Wildman–Crippen MR) is 82.1 cm³/mol. The highest BCUT2D eigenvalue weighted by atomic mass is 28.3. The highest BCUT2D eigenvalue weighted by Gasteiger charge is 2.09. The number of rotatable bonds is 2. The Balaban J connectivity index is 2.22. The maximum absolute atomic E-state index is 4.83. The number of para-hydroxylation sites is 1. The zero-order chi connectivity index (χ0) is 13.2. The Morgan fingerprint density at radius 3 is 2.47 bits per heavy atom. The quantitative estimate of drug-likeness (QED) is 0.663. The summed E-state index contributed by atoms with van der Waals surface area (Å²) in [6, 6.07) is 16.6. The van der Waals surface area contributed by atoms with E-state index in [4.69, 9.17) is 4.98 Å². The molecule has 0 aliphatic carbocycles. The molecule has 3 rings (SSSR count). The Kier molecular flexibility index (Phi) is 3.13. The lowest BCUT2D eigenvalue weighted by atomic mass is 10.1. The van der Waals surface area contributed by atoms with Crippen LogP contribution >= 0.6 is 0 Å². The third-order valence-electron chi connectivity index (χ3n) is 3.19. The summed E-state index contributed by atoms with van der Waals surface area (Å²) in [6.45, 7) is 4.60. The Bertz CT molecular complexity index is 708. The summed E-state index contributed by atoms with van der Waals surface area (Å²) in [5, 5.41) is 2.60. The first-order chi connectivity index (χ1) is 9.25. The van der Waals surface area contributed by atoms with E-state index in [1.165, 1.54) is 10.6 Å². The molecule has 0 bridgehead atoms. The molecule has 0 amide bonds. The van der Waals surface area contributed by atoms with Gasteiger partial charge in [0, 0.05) is 11.6 Å². The monoisotopic (exact) mass is 263 g/mol. The SMILES string of the molecule is C[Si](C)c1cccc2ccc(-c3ccccn3)nc12. The lowest BCUT2D eigenvalue weighted by Crippen LogP contribution is -2.24. The molecule has 3 aromatic rings. The molecular formula is C16H15N2Si. The molecule has 0 saturated carbocycles. The molecule has 1 aromatic carbocycles. The van der Waals surface area contributed by atoms with Crippen molar-refractivity contribution < 1.29 is 0 Å². The van der Waals surface area contributed by atoms with Gasteiger partial charge in [0.1, 0.15) is 0 Å². The molecule has 2 nitrogen and oxygen atoms in total. The summed E-state index contributed by atoms with van der Waals surface area (Å²) in [5.41, 5.74) is 3.01. The van der Waals surface area contributed by atoms with E-state index in [0.29, 0.717) is 0 Å². The second-order valence-corrected chi connectivity index (χ2v) is 7.33. The smallest absolute Gasteiger partial charge is 0.0893 e. The topological polar surface area (TPSA) is 25.8 Å². The largest absolute Gasteiger partial charge is 0.255 e. The molecule has 0 unspecified atom stereocenters. The van der Waals surface area contributed by atoms with E-state index >= 15 is 0 Å². The van der Waals surface area contributed by atoms with Crippen LogP contribution in [0.1, 0.15) is 0 Å². The second kappa shape index (κ2) is 4.94. The highest BCUT2D eigenvalue weighted by Crippen LogP contribution is 2.18. The van der Waals surface area contributed by atoms with E-state index in [-0.39, 0.29) is 0 Å². The van der Waals surface area contributed by atoms with Crippen molar-refractivity contribution in [2.24, 2.45) is 0 Å². The van der Waals surface area contributed by atoms with Crippen LogP contribution in [0.25, 0.3) is 22.3 Å². The number of hydrogen-bond acceptors (Lipinski definition) is 2. The van der Waals surface area contributed by atoms with E-state index in [0.717, 1.165) is 16.9 Å². The van der Waals surface area contributed by atoms with Crippen molar-refractivity contribution in [3.63, 3.8) is 0 Å². The molecule has 2 aromatic heterocycles. The molecule has 0 aliphatic heterocycles. The zero-order valence-electron chi connectivity index (χ0n) is 11.1. The van der Waals surface area contributed by atoms with Crippen LogP contribution in [-0.4, -0.2) is 18.8 Å². The molecule has 3 heteroatoms. The Morgan fingerprint density at radius 1 is 0.842 bits per heavy atom. The first-order valence-electron chi connectivity index (χ1n) is 6.37. The minimum atomic E-state index is -0.518. The number of benzene rings is 1. The molecule has 2 heterocycles. The summed E-state index contributed by atoms with van der Waals surface area (Å²) in [6.07, 6.45) is 1.81. The van der Waals surface area contributed by atoms with Gasteiger partial charge in [0.2, 0.25) is 0 Å². The van der Waals surface area contributed by atoms with Crippen LogP contribution < -0.4 is 5.19 Å². The fourth-order valence-electron chi connectivity index (χ4n) is 2.21. The molecule has 0 spiro atoms. The van der Waals surface area contributed by atoms with Crippen LogP contribution in [0.3, 0.4) is 0 Å². The van der Waals surface area contributed by atoms with E-state index < -0.39 is 8.80 Å². The Labute approximate surface area is 114 Å². The molecule has 1 radical (unpaired) electrons. The lowest BCUT2D eigenvalue weighted by Gasteiger charge is -2.09. The van der Waals surface area contributed by atoms with Crippen molar-refractivity contribution in [1.82, 2.24) is 9.97 Å². The van der Waals surface area contributed by atoms with Crippen molar-refractivity contribution in [3.8, 4) is 11.4 Å². The van der Waals surface area contributed by atoms with Crippen LogP contribution in [0.2, 0.25) is 13.1 Å². The summed E-state index contributed by atoms with van der Waals surface area (Å²) in [4.78, 5) is 9.21. The minimum Gasteiger partial charge on any atom is -0.255 e. The van der Waals surface area contributed by atoms with Crippen molar-refractivity contribution in [2.45, 2.75) is 13.1 Å². The normalized spacial score (nSPS) is 11.1. The molecule has 0 atom stereocenters. The van der Waals surface area contributed by atoms with Gasteiger partial charge in [-0.25, -0.2) is 4.98 Å². The van der Waals surface area contributed by atoms with Crippen LogP contribution in [0.15, 0.2) is 54.7 Å². The van der Waals surface area contributed by atoms with Crippen molar-refractivity contribution in [1.29, 1.82) is 0 Å². The van der Waals surface area contributed by atoms with Gasteiger partial charge in [0.05, 0.1) is 25.7 Å². The second-order valence-electron chi connectivity index (χ2n) is 4.79. The summed E-state index contributed by atoms with van der Waals surface area (Å²) >= 11 is 0. The molecule has 0 fully saturated rings. The molecule has 0 saturated heterocycles. The van der Waals surface area contributed by atoms with Crippen molar-refractivity contribution >= 4 is 24.9 Å². The summed E-state index contributed by atoms with van der Waals surface area (Å²) < 4.78 is 0. The van der Waals surface area contributed by atoms with Crippen LogP contribution in [-0.2, 0) is 0 Å². The third kappa shape index (κ3) is 2.29. The number of hydrogen-bond donors (Lipinski definition) is 0. The first-order valence-corrected chi connectivity index (χ1v) is 8.87. The maximum Gasteiger partial charge on any atom is 0.0893 e. The molecule has 0 aliphatic rings. The zero-order valence-corrected chi connectivity index (χ0v) is 12.1. The third-order valence-corrected chi connectivity index (χ3v) is 4.67. The van der Waals surface area contributed by atoms with Crippen LogP contribution in [0.4, 0.5) is 0 Å². The van der Waals surface area contributed by atoms with Gasteiger partial charge in [-0.3, -0.25) is 4.98 Å². The van der Waals surface area contributed by atoms with Gasteiger partial charge in [-0.15, -0.1) is 0 Å². The fraction of sp³-hybridized carbons (Fsp3) is 0.125. The average Bonchev–Trinajstić information content (AvgIpc) is 2.47. The van der Waals surface area contributed by atoms with Gasteiger partial charge in [0.15, 0.2) is 0 Å². The van der Waals surface area contributed by atoms with Crippen molar-refractivity contribution in [2.75, 3.05) is 0 Å². The Morgan fingerprint density at radius 2 is 1.74 bits per heavy atom. The number of nitrogens with zero attached hydrogens (tertiary/aromatic N) is 2.